The number of fused-ring (bicyclic) bond motifs is 3. The fourth-order valence-electron chi connectivity index (χ4n) is 6.25. The summed E-state index contributed by atoms with van der Waals surface area (Å²) in [5, 5.41) is 4.70. The topological polar surface area (TPSA) is 43.4 Å². The van der Waals surface area contributed by atoms with Crippen LogP contribution < -0.4 is 4.74 Å². The van der Waals surface area contributed by atoms with Gasteiger partial charge in [-0.2, -0.15) is 0 Å². The second-order valence-electron chi connectivity index (χ2n) is 13.4. The highest BCUT2D eigenvalue weighted by molar-refractivity contribution is 6.08. The van der Waals surface area contributed by atoms with Crippen molar-refractivity contribution in [1.82, 2.24) is 0 Å². The van der Waals surface area contributed by atoms with Crippen molar-refractivity contribution < 1.29 is 14.3 Å². The number of aryl methyl sites for hydroxylation is 1. The highest BCUT2D eigenvalue weighted by atomic mass is 16.5. The number of carbonyl (C=O) groups excluding carboxylic acids is 2. The van der Waals surface area contributed by atoms with Gasteiger partial charge in [-0.1, -0.05) is 166 Å². The van der Waals surface area contributed by atoms with Crippen LogP contribution in [0.15, 0.2) is 48.5 Å². The summed E-state index contributed by atoms with van der Waals surface area (Å²) in [5.74, 6) is 0.209. The minimum Gasteiger partial charge on any atom is -0.426 e. The normalized spacial score (nSPS) is 11.5. The molecule has 0 fully saturated rings. The number of benzene rings is 3. The SMILES string of the molecule is CCCCCCCCCCCCCCCCCCCCc1ccc2c(ccc3cc(OC(=O)CCC(=O)C(C)C)ccc32)c1. The Morgan fingerprint density at radius 3 is 1.57 bits per heavy atom. The van der Waals surface area contributed by atoms with Crippen LogP contribution >= 0.6 is 0 Å². The van der Waals surface area contributed by atoms with Crippen LogP contribution in [0.1, 0.15) is 155 Å². The number of hydrogen-bond acceptors (Lipinski definition) is 3. The van der Waals surface area contributed by atoms with Gasteiger partial charge in [-0.05, 0) is 52.1 Å². The predicted molar refractivity (Wildman–Crippen MR) is 189 cm³/mol. The zero-order chi connectivity index (χ0) is 31.4. The van der Waals surface area contributed by atoms with Gasteiger partial charge >= 0.3 is 5.97 Å². The number of esters is 1. The molecule has 0 bridgehead atoms. The standard InChI is InChI=1S/C41H60O3/c1-4-5-6-7-8-9-10-11-12-13-14-15-16-17-18-19-20-21-22-34-23-27-38-35(31-34)24-25-36-32-37(26-28-39(36)38)44-41(43)30-29-40(42)33(2)3/h23-28,31-33H,4-22,29-30H2,1-3H3. The maximum atomic E-state index is 12.2. The van der Waals surface area contributed by atoms with Crippen molar-refractivity contribution in [2.24, 2.45) is 5.92 Å². The largest absolute Gasteiger partial charge is 0.426 e. The van der Waals surface area contributed by atoms with Gasteiger partial charge in [0.1, 0.15) is 11.5 Å². The summed E-state index contributed by atoms with van der Waals surface area (Å²) in [6.45, 7) is 6.00. The maximum absolute atomic E-state index is 12.2. The van der Waals surface area contributed by atoms with Gasteiger partial charge < -0.3 is 4.74 Å². The second kappa shape index (κ2) is 21.1. The molecule has 3 nitrogen and oxygen atoms in total. The first-order valence-corrected chi connectivity index (χ1v) is 18.2. The number of ketones is 1. The molecule has 0 atom stereocenters. The summed E-state index contributed by atoms with van der Waals surface area (Å²) >= 11 is 0. The molecule has 0 spiro atoms. The van der Waals surface area contributed by atoms with Gasteiger partial charge in [0.2, 0.25) is 0 Å². The zero-order valence-electron chi connectivity index (χ0n) is 28.3. The van der Waals surface area contributed by atoms with Crippen molar-refractivity contribution in [3.63, 3.8) is 0 Å². The summed E-state index contributed by atoms with van der Waals surface area (Å²) in [7, 11) is 0. The van der Waals surface area contributed by atoms with Crippen molar-refractivity contribution in [2.75, 3.05) is 0 Å². The first-order chi connectivity index (χ1) is 21.5. The van der Waals surface area contributed by atoms with E-state index < -0.39 is 0 Å². The average molecular weight is 601 g/mol. The summed E-state index contributed by atoms with van der Waals surface area (Å²) < 4.78 is 5.52. The van der Waals surface area contributed by atoms with Crippen molar-refractivity contribution in [2.45, 2.75) is 156 Å². The van der Waals surface area contributed by atoms with Crippen LogP contribution in [0.4, 0.5) is 0 Å². The third-order valence-electron chi connectivity index (χ3n) is 9.14. The molecule has 3 heteroatoms. The lowest BCUT2D eigenvalue weighted by molar-refractivity contribution is -0.136. The smallest absolute Gasteiger partial charge is 0.311 e. The Morgan fingerprint density at radius 2 is 1.05 bits per heavy atom. The van der Waals surface area contributed by atoms with E-state index in [0.717, 1.165) is 17.2 Å². The summed E-state index contributed by atoms with van der Waals surface area (Å²) in [6.07, 6.45) is 26.9. The van der Waals surface area contributed by atoms with Crippen molar-refractivity contribution >= 4 is 33.3 Å². The Labute approximate surface area is 268 Å². The van der Waals surface area contributed by atoms with Gasteiger partial charge in [0.05, 0.1) is 6.42 Å². The Morgan fingerprint density at radius 1 is 0.568 bits per heavy atom. The minimum atomic E-state index is -0.358. The van der Waals surface area contributed by atoms with E-state index in [-0.39, 0.29) is 30.5 Å². The third-order valence-corrected chi connectivity index (χ3v) is 9.14. The summed E-state index contributed by atoms with van der Waals surface area (Å²) in [6, 6.07) is 16.9. The molecule has 0 radical (unpaired) electrons. The zero-order valence-corrected chi connectivity index (χ0v) is 28.3. The third kappa shape index (κ3) is 13.5. The van der Waals surface area contributed by atoms with Gasteiger partial charge in [-0.3, -0.25) is 9.59 Å². The second-order valence-corrected chi connectivity index (χ2v) is 13.4. The van der Waals surface area contributed by atoms with Gasteiger partial charge in [0.25, 0.3) is 0 Å². The fourth-order valence-corrected chi connectivity index (χ4v) is 6.25. The quantitative estimate of drug-likeness (QED) is 0.0444. The first kappa shape index (κ1) is 35.8. The molecule has 0 amide bonds. The van der Waals surface area contributed by atoms with Crippen molar-refractivity contribution in [3.05, 3.63) is 54.1 Å². The van der Waals surface area contributed by atoms with Crippen molar-refractivity contribution in [1.29, 1.82) is 0 Å². The molecular weight excluding hydrogens is 540 g/mol. The lowest BCUT2D eigenvalue weighted by Crippen LogP contribution is -2.13. The van der Waals surface area contributed by atoms with E-state index in [4.69, 9.17) is 4.74 Å². The highest BCUT2D eigenvalue weighted by Crippen LogP contribution is 2.30. The van der Waals surface area contributed by atoms with E-state index in [0.29, 0.717) is 5.75 Å². The monoisotopic (exact) mass is 600 g/mol. The van der Waals surface area contributed by atoms with Gasteiger partial charge in [-0.25, -0.2) is 0 Å². The van der Waals surface area contributed by atoms with Crippen LogP contribution in [-0.2, 0) is 16.0 Å². The molecule has 0 aliphatic carbocycles. The molecule has 0 heterocycles. The van der Waals surface area contributed by atoms with Crippen LogP contribution in [-0.4, -0.2) is 11.8 Å². The van der Waals surface area contributed by atoms with Crippen LogP contribution in [0.25, 0.3) is 21.5 Å². The van der Waals surface area contributed by atoms with E-state index in [2.05, 4.69) is 37.3 Å². The Kier molecular flexibility index (Phi) is 17.2. The van der Waals surface area contributed by atoms with E-state index in [9.17, 15) is 9.59 Å². The van der Waals surface area contributed by atoms with Crippen LogP contribution in [0.5, 0.6) is 5.75 Å². The number of hydrogen-bond donors (Lipinski definition) is 0. The Balaban J connectivity index is 1.27. The van der Waals surface area contributed by atoms with Crippen LogP contribution in [0.3, 0.4) is 0 Å². The van der Waals surface area contributed by atoms with E-state index in [1.807, 2.05) is 32.0 Å². The Bertz CT molecular complexity index is 1260. The van der Waals surface area contributed by atoms with Crippen molar-refractivity contribution in [3.8, 4) is 5.75 Å². The molecule has 0 aliphatic rings. The fraction of sp³-hybridized carbons (Fsp3) is 0.610. The number of carbonyl (C=O) groups is 2. The molecule has 0 saturated heterocycles. The summed E-state index contributed by atoms with van der Waals surface area (Å²) in [4.78, 5) is 24.0. The molecule has 0 aromatic heterocycles. The maximum Gasteiger partial charge on any atom is 0.311 e. The van der Waals surface area contributed by atoms with Gasteiger partial charge in [0.15, 0.2) is 0 Å². The molecule has 0 N–H and O–H groups in total. The Hall–Kier alpha value is -2.68. The average Bonchev–Trinajstić information content (AvgIpc) is 3.02. The molecule has 0 aliphatic heterocycles. The molecule has 44 heavy (non-hydrogen) atoms. The predicted octanol–water partition coefficient (Wildman–Crippen LogP) is 12.5. The molecule has 0 unspecified atom stereocenters. The number of unbranched alkanes of at least 4 members (excludes halogenated alkanes) is 17. The molecule has 0 saturated carbocycles. The minimum absolute atomic E-state index is 0.0547. The lowest BCUT2D eigenvalue weighted by Gasteiger charge is -2.10. The molecule has 3 aromatic carbocycles. The van der Waals surface area contributed by atoms with Gasteiger partial charge in [-0.15, -0.1) is 0 Å². The number of ether oxygens (including phenoxy) is 1. The number of rotatable bonds is 24. The van der Waals surface area contributed by atoms with Gasteiger partial charge in [0, 0.05) is 12.3 Å². The lowest BCUT2D eigenvalue weighted by atomic mass is 9.97. The highest BCUT2D eigenvalue weighted by Gasteiger charge is 2.12. The molecular formula is C41H60O3. The van der Waals surface area contributed by atoms with E-state index in [1.54, 1.807) is 0 Å². The molecule has 3 rings (SSSR count). The molecule has 242 valence electrons. The van der Waals surface area contributed by atoms with Crippen LogP contribution in [0.2, 0.25) is 0 Å². The van der Waals surface area contributed by atoms with Crippen LogP contribution in [0, 0.1) is 5.92 Å². The van der Waals surface area contributed by atoms with E-state index in [1.165, 1.54) is 132 Å². The first-order valence-electron chi connectivity index (χ1n) is 18.2. The summed E-state index contributed by atoms with van der Waals surface area (Å²) in [5.41, 5.74) is 1.41. The number of Topliss-reactive ketones (excluding diaryl/α,β-unsaturated/α-hetero) is 1. The van der Waals surface area contributed by atoms with E-state index >= 15 is 0 Å². The molecule has 3 aromatic rings.